The SMILES string of the molecule is O=C(Nc1cccnn1)N[C@@H](c1ccccc1)c1ccc2c(c1)CCCO2. The first-order valence-corrected chi connectivity index (χ1v) is 8.95. The molecule has 27 heavy (non-hydrogen) atoms. The Bertz CT molecular complexity index is 916. The van der Waals surface area contributed by atoms with E-state index in [1.165, 1.54) is 5.56 Å². The van der Waals surface area contributed by atoms with Gasteiger partial charge in [-0.2, -0.15) is 5.10 Å². The molecule has 0 fully saturated rings. The number of aryl methyl sites for hydroxylation is 1. The Morgan fingerprint density at radius 2 is 1.93 bits per heavy atom. The highest BCUT2D eigenvalue weighted by atomic mass is 16.5. The molecule has 2 aromatic carbocycles. The predicted molar refractivity (Wildman–Crippen MR) is 103 cm³/mol. The average Bonchev–Trinajstić information content (AvgIpc) is 2.73. The van der Waals surface area contributed by atoms with Crippen LogP contribution in [0.3, 0.4) is 0 Å². The fourth-order valence-electron chi connectivity index (χ4n) is 3.22. The zero-order valence-corrected chi connectivity index (χ0v) is 14.8. The third-order valence-corrected chi connectivity index (χ3v) is 4.49. The summed E-state index contributed by atoms with van der Waals surface area (Å²) >= 11 is 0. The molecule has 0 bridgehead atoms. The van der Waals surface area contributed by atoms with Crippen LogP contribution in [0.4, 0.5) is 10.6 Å². The van der Waals surface area contributed by atoms with E-state index in [4.69, 9.17) is 4.74 Å². The first-order valence-electron chi connectivity index (χ1n) is 8.95. The molecule has 1 aliphatic heterocycles. The van der Waals surface area contributed by atoms with Crippen LogP contribution in [-0.2, 0) is 6.42 Å². The Balaban J connectivity index is 1.61. The van der Waals surface area contributed by atoms with E-state index in [0.29, 0.717) is 5.82 Å². The number of rotatable bonds is 4. The van der Waals surface area contributed by atoms with Crippen LogP contribution in [0.1, 0.15) is 29.2 Å². The van der Waals surface area contributed by atoms with Gasteiger partial charge in [0.25, 0.3) is 0 Å². The first kappa shape index (κ1) is 17.0. The summed E-state index contributed by atoms with van der Waals surface area (Å²) in [6.07, 6.45) is 3.55. The highest BCUT2D eigenvalue weighted by Gasteiger charge is 2.20. The normalized spacial score (nSPS) is 13.8. The minimum absolute atomic E-state index is 0.282. The lowest BCUT2D eigenvalue weighted by Gasteiger charge is -2.23. The van der Waals surface area contributed by atoms with E-state index >= 15 is 0 Å². The quantitative estimate of drug-likeness (QED) is 0.744. The Morgan fingerprint density at radius 3 is 2.74 bits per heavy atom. The number of aromatic nitrogens is 2. The van der Waals surface area contributed by atoms with Gasteiger partial charge in [0.15, 0.2) is 5.82 Å². The van der Waals surface area contributed by atoms with Crippen LogP contribution < -0.4 is 15.4 Å². The van der Waals surface area contributed by atoms with Crippen LogP contribution in [0.5, 0.6) is 5.75 Å². The third-order valence-electron chi connectivity index (χ3n) is 4.49. The Morgan fingerprint density at radius 1 is 1.04 bits per heavy atom. The standard InChI is InChI=1S/C21H20N4O2/c26-21(23-19-9-4-12-22-25-19)24-20(15-6-2-1-3-7-15)17-10-11-18-16(14-17)8-5-13-27-18/h1-4,6-7,9-12,14,20H,5,8,13H2,(H2,23,24,25,26)/t20-/m0/s1. The zero-order valence-electron chi connectivity index (χ0n) is 14.8. The molecule has 2 N–H and O–H groups in total. The number of amides is 2. The van der Waals surface area contributed by atoms with Gasteiger partial charge in [-0.3, -0.25) is 5.32 Å². The van der Waals surface area contributed by atoms with Crippen LogP contribution in [0.2, 0.25) is 0 Å². The number of benzene rings is 2. The maximum absolute atomic E-state index is 12.5. The fraction of sp³-hybridized carbons (Fsp3) is 0.190. The van der Waals surface area contributed by atoms with Gasteiger partial charge in [0, 0.05) is 6.20 Å². The second-order valence-corrected chi connectivity index (χ2v) is 6.37. The number of hydrogen-bond donors (Lipinski definition) is 2. The Labute approximate surface area is 157 Å². The topological polar surface area (TPSA) is 76.1 Å². The molecule has 2 amide bonds. The molecule has 136 valence electrons. The molecule has 0 saturated carbocycles. The lowest BCUT2D eigenvalue weighted by molar-refractivity contribution is 0.250. The lowest BCUT2D eigenvalue weighted by atomic mass is 9.95. The summed E-state index contributed by atoms with van der Waals surface area (Å²) in [6, 6.07) is 18.8. The molecular weight excluding hydrogens is 340 g/mol. The molecule has 1 atom stereocenters. The molecule has 0 spiro atoms. The summed E-state index contributed by atoms with van der Waals surface area (Å²) in [5.74, 6) is 1.33. The number of fused-ring (bicyclic) bond motifs is 1. The summed E-state index contributed by atoms with van der Waals surface area (Å²) in [5, 5.41) is 13.4. The van der Waals surface area contributed by atoms with Crippen LogP contribution in [-0.4, -0.2) is 22.8 Å². The highest BCUT2D eigenvalue weighted by molar-refractivity contribution is 5.88. The van der Waals surface area contributed by atoms with Gasteiger partial charge in [-0.05, 0) is 53.8 Å². The second-order valence-electron chi connectivity index (χ2n) is 6.37. The van der Waals surface area contributed by atoms with E-state index in [0.717, 1.165) is 36.3 Å². The van der Waals surface area contributed by atoms with Crippen molar-refractivity contribution >= 4 is 11.8 Å². The van der Waals surface area contributed by atoms with Crippen molar-refractivity contribution in [1.82, 2.24) is 15.5 Å². The molecule has 0 saturated heterocycles. The van der Waals surface area contributed by atoms with E-state index in [1.54, 1.807) is 18.3 Å². The van der Waals surface area contributed by atoms with Crippen molar-refractivity contribution < 1.29 is 9.53 Å². The van der Waals surface area contributed by atoms with Crippen LogP contribution >= 0.6 is 0 Å². The molecule has 6 nitrogen and oxygen atoms in total. The van der Waals surface area contributed by atoms with E-state index in [1.807, 2.05) is 42.5 Å². The molecule has 0 radical (unpaired) electrons. The molecule has 0 unspecified atom stereocenters. The Hall–Kier alpha value is -3.41. The molecule has 2 heterocycles. The minimum atomic E-state index is -0.335. The van der Waals surface area contributed by atoms with E-state index < -0.39 is 0 Å². The summed E-state index contributed by atoms with van der Waals surface area (Å²) in [5.41, 5.74) is 3.19. The average molecular weight is 360 g/mol. The van der Waals surface area contributed by atoms with Gasteiger partial charge < -0.3 is 10.1 Å². The van der Waals surface area contributed by atoms with Crippen LogP contribution in [0.15, 0.2) is 66.9 Å². The molecule has 0 aliphatic carbocycles. The smallest absolute Gasteiger partial charge is 0.321 e. The van der Waals surface area contributed by atoms with Gasteiger partial charge in [0.1, 0.15) is 5.75 Å². The van der Waals surface area contributed by atoms with Crippen molar-refractivity contribution in [2.24, 2.45) is 0 Å². The van der Waals surface area contributed by atoms with Crippen LogP contribution in [0, 0.1) is 0 Å². The number of ether oxygens (including phenoxy) is 1. The molecule has 6 heteroatoms. The minimum Gasteiger partial charge on any atom is -0.493 e. The largest absolute Gasteiger partial charge is 0.493 e. The highest BCUT2D eigenvalue weighted by Crippen LogP contribution is 2.30. The lowest BCUT2D eigenvalue weighted by Crippen LogP contribution is -2.33. The van der Waals surface area contributed by atoms with E-state index in [2.05, 4.69) is 26.9 Å². The van der Waals surface area contributed by atoms with Gasteiger partial charge in [-0.15, -0.1) is 5.10 Å². The summed E-state index contributed by atoms with van der Waals surface area (Å²) in [6.45, 7) is 0.757. The third kappa shape index (κ3) is 4.06. The summed E-state index contributed by atoms with van der Waals surface area (Å²) < 4.78 is 5.71. The summed E-state index contributed by atoms with van der Waals surface area (Å²) in [4.78, 5) is 12.5. The molecule has 1 aromatic heterocycles. The number of urea groups is 1. The second kappa shape index (κ2) is 7.86. The van der Waals surface area contributed by atoms with Gasteiger partial charge in [0.05, 0.1) is 12.6 Å². The maximum Gasteiger partial charge on any atom is 0.321 e. The molecular formula is C21H20N4O2. The van der Waals surface area contributed by atoms with Crippen molar-refractivity contribution in [3.8, 4) is 5.75 Å². The maximum atomic E-state index is 12.5. The van der Waals surface area contributed by atoms with Crippen molar-refractivity contribution in [3.63, 3.8) is 0 Å². The number of carbonyl (C=O) groups is 1. The summed E-state index contributed by atoms with van der Waals surface area (Å²) in [7, 11) is 0. The number of nitrogens with zero attached hydrogens (tertiary/aromatic N) is 2. The van der Waals surface area contributed by atoms with Crippen molar-refractivity contribution in [2.45, 2.75) is 18.9 Å². The first-order chi connectivity index (χ1) is 13.3. The van der Waals surface area contributed by atoms with Crippen molar-refractivity contribution in [2.75, 3.05) is 11.9 Å². The molecule has 3 aromatic rings. The zero-order chi connectivity index (χ0) is 18.5. The molecule has 4 rings (SSSR count). The van der Waals surface area contributed by atoms with Crippen molar-refractivity contribution in [3.05, 3.63) is 83.6 Å². The number of carbonyl (C=O) groups excluding carboxylic acids is 1. The fourth-order valence-corrected chi connectivity index (χ4v) is 3.22. The predicted octanol–water partition coefficient (Wildman–Crippen LogP) is 3.71. The van der Waals surface area contributed by atoms with E-state index in [9.17, 15) is 4.79 Å². The number of hydrogen-bond acceptors (Lipinski definition) is 4. The van der Waals surface area contributed by atoms with Gasteiger partial charge in [-0.25, -0.2) is 4.79 Å². The Kier molecular flexibility index (Phi) is 4.96. The van der Waals surface area contributed by atoms with Crippen LogP contribution in [0.25, 0.3) is 0 Å². The van der Waals surface area contributed by atoms with Gasteiger partial charge >= 0.3 is 6.03 Å². The van der Waals surface area contributed by atoms with E-state index in [-0.39, 0.29) is 12.1 Å². The van der Waals surface area contributed by atoms with Crippen molar-refractivity contribution in [1.29, 1.82) is 0 Å². The van der Waals surface area contributed by atoms with Gasteiger partial charge in [0.2, 0.25) is 0 Å². The van der Waals surface area contributed by atoms with Gasteiger partial charge in [-0.1, -0.05) is 36.4 Å². The number of anilines is 1. The monoisotopic (exact) mass is 360 g/mol. The molecule has 1 aliphatic rings. The number of nitrogens with one attached hydrogen (secondary N) is 2.